The quantitative estimate of drug-likeness (QED) is 0.556. The number of ether oxygens (including phenoxy) is 1. The minimum absolute atomic E-state index is 0.0867. The molecule has 1 N–H and O–H groups in total. The van der Waals surface area contributed by atoms with E-state index in [0.717, 1.165) is 19.3 Å². The van der Waals surface area contributed by atoms with Crippen LogP contribution in [0.3, 0.4) is 0 Å². The molecule has 0 spiro atoms. The van der Waals surface area contributed by atoms with E-state index < -0.39 is 6.29 Å². The summed E-state index contributed by atoms with van der Waals surface area (Å²) in [5, 5.41) is 9.65. The van der Waals surface area contributed by atoms with Crippen LogP contribution in [0.15, 0.2) is 12.2 Å². The van der Waals surface area contributed by atoms with Gasteiger partial charge in [0.25, 0.3) is 0 Å². The summed E-state index contributed by atoms with van der Waals surface area (Å²) in [5.74, 6) is 0. The van der Waals surface area contributed by atoms with Gasteiger partial charge in [-0.25, -0.2) is 0 Å². The molecule has 2 heteroatoms. The molecule has 0 heterocycles. The highest BCUT2D eigenvalue weighted by Gasteiger charge is 2.33. The van der Waals surface area contributed by atoms with Gasteiger partial charge in [-0.15, -0.1) is 0 Å². The van der Waals surface area contributed by atoms with E-state index in [1.807, 2.05) is 0 Å². The zero-order valence-corrected chi connectivity index (χ0v) is 9.38. The van der Waals surface area contributed by atoms with Crippen molar-refractivity contribution in [1.29, 1.82) is 0 Å². The summed E-state index contributed by atoms with van der Waals surface area (Å²) in [7, 11) is 0. The SMILES string of the molecule is C=C(C)C(O)OC1(CC)CCCCC1. The summed E-state index contributed by atoms with van der Waals surface area (Å²) in [5.41, 5.74) is 0.611. The van der Waals surface area contributed by atoms with Crippen molar-refractivity contribution >= 4 is 0 Å². The normalized spacial score (nSPS) is 23.1. The van der Waals surface area contributed by atoms with Crippen LogP contribution in [-0.2, 0) is 4.74 Å². The van der Waals surface area contributed by atoms with Crippen molar-refractivity contribution in [2.45, 2.75) is 64.3 Å². The minimum atomic E-state index is -0.784. The molecular formula is C12H22O2. The molecule has 1 saturated carbocycles. The third kappa shape index (κ3) is 2.82. The molecule has 82 valence electrons. The Morgan fingerprint density at radius 1 is 1.43 bits per heavy atom. The topological polar surface area (TPSA) is 29.5 Å². The van der Waals surface area contributed by atoms with E-state index in [-0.39, 0.29) is 5.60 Å². The first-order valence-corrected chi connectivity index (χ1v) is 5.61. The molecule has 0 aromatic heterocycles. The first-order chi connectivity index (χ1) is 6.59. The maximum atomic E-state index is 9.65. The zero-order valence-electron chi connectivity index (χ0n) is 9.38. The second kappa shape index (κ2) is 4.94. The average molecular weight is 198 g/mol. The Hall–Kier alpha value is -0.340. The Bertz CT molecular complexity index is 192. The number of hydrogen-bond acceptors (Lipinski definition) is 2. The molecule has 1 fully saturated rings. The zero-order chi connectivity index (χ0) is 10.6. The molecule has 0 aromatic carbocycles. The number of aliphatic hydroxyl groups excluding tert-OH is 1. The van der Waals surface area contributed by atoms with Crippen molar-refractivity contribution in [3.63, 3.8) is 0 Å². The molecular weight excluding hydrogens is 176 g/mol. The second-order valence-corrected chi connectivity index (χ2v) is 4.41. The highest BCUT2D eigenvalue weighted by Crippen LogP contribution is 2.35. The van der Waals surface area contributed by atoms with Crippen LogP contribution in [0, 0.1) is 0 Å². The first kappa shape index (κ1) is 11.7. The summed E-state index contributed by atoms with van der Waals surface area (Å²) in [6.07, 6.45) is 6.09. The van der Waals surface area contributed by atoms with E-state index in [1.54, 1.807) is 6.92 Å². The summed E-state index contributed by atoms with van der Waals surface area (Å²) in [6.45, 7) is 7.65. The van der Waals surface area contributed by atoms with Gasteiger partial charge in [-0.3, -0.25) is 0 Å². The van der Waals surface area contributed by atoms with Gasteiger partial charge in [-0.1, -0.05) is 32.8 Å². The van der Waals surface area contributed by atoms with Crippen LogP contribution in [0.25, 0.3) is 0 Å². The van der Waals surface area contributed by atoms with Crippen LogP contribution in [0.4, 0.5) is 0 Å². The van der Waals surface area contributed by atoms with Gasteiger partial charge in [0, 0.05) is 0 Å². The fourth-order valence-electron chi connectivity index (χ4n) is 2.09. The molecule has 1 aliphatic carbocycles. The van der Waals surface area contributed by atoms with E-state index in [4.69, 9.17) is 4.74 Å². The lowest BCUT2D eigenvalue weighted by molar-refractivity contribution is -0.180. The van der Waals surface area contributed by atoms with Crippen LogP contribution < -0.4 is 0 Å². The summed E-state index contributed by atoms with van der Waals surface area (Å²) in [6, 6.07) is 0. The molecule has 14 heavy (non-hydrogen) atoms. The van der Waals surface area contributed by atoms with Crippen LogP contribution in [0.2, 0.25) is 0 Å². The van der Waals surface area contributed by atoms with Crippen molar-refractivity contribution in [3.8, 4) is 0 Å². The maximum Gasteiger partial charge on any atom is 0.177 e. The predicted octanol–water partition coefficient (Wildman–Crippen LogP) is 3.01. The molecule has 0 radical (unpaired) electrons. The molecule has 1 atom stereocenters. The van der Waals surface area contributed by atoms with Gasteiger partial charge in [0.2, 0.25) is 0 Å². The van der Waals surface area contributed by atoms with Gasteiger partial charge in [0.05, 0.1) is 5.60 Å². The third-order valence-electron chi connectivity index (χ3n) is 3.19. The standard InChI is InChI=1S/C12H22O2/c1-4-12(8-6-5-7-9-12)14-11(13)10(2)3/h11,13H,2,4-9H2,1,3H3. The molecule has 0 bridgehead atoms. The summed E-state index contributed by atoms with van der Waals surface area (Å²) in [4.78, 5) is 0. The Morgan fingerprint density at radius 3 is 2.43 bits per heavy atom. The second-order valence-electron chi connectivity index (χ2n) is 4.41. The largest absolute Gasteiger partial charge is 0.364 e. The molecule has 2 nitrogen and oxygen atoms in total. The lowest BCUT2D eigenvalue weighted by Gasteiger charge is -2.38. The van der Waals surface area contributed by atoms with Gasteiger partial charge in [-0.2, -0.15) is 0 Å². The number of rotatable bonds is 4. The predicted molar refractivity (Wildman–Crippen MR) is 58.0 cm³/mol. The maximum absolute atomic E-state index is 9.65. The van der Waals surface area contributed by atoms with E-state index in [2.05, 4.69) is 13.5 Å². The van der Waals surface area contributed by atoms with E-state index in [1.165, 1.54) is 19.3 Å². The van der Waals surface area contributed by atoms with Crippen molar-refractivity contribution in [1.82, 2.24) is 0 Å². The van der Waals surface area contributed by atoms with Gasteiger partial charge in [0.1, 0.15) is 0 Å². The Kier molecular flexibility index (Phi) is 4.14. The van der Waals surface area contributed by atoms with Crippen molar-refractivity contribution in [2.75, 3.05) is 0 Å². The van der Waals surface area contributed by atoms with Crippen LogP contribution in [0.5, 0.6) is 0 Å². The molecule has 0 aromatic rings. The smallest absolute Gasteiger partial charge is 0.177 e. The van der Waals surface area contributed by atoms with Crippen LogP contribution in [-0.4, -0.2) is 17.0 Å². The molecule has 1 aliphatic rings. The number of hydrogen-bond donors (Lipinski definition) is 1. The van der Waals surface area contributed by atoms with E-state index in [9.17, 15) is 5.11 Å². The van der Waals surface area contributed by atoms with Gasteiger partial charge in [-0.05, 0) is 31.8 Å². The fraction of sp³-hybridized carbons (Fsp3) is 0.833. The van der Waals surface area contributed by atoms with Crippen molar-refractivity contribution in [3.05, 3.63) is 12.2 Å². The third-order valence-corrected chi connectivity index (χ3v) is 3.19. The molecule has 0 amide bonds. The summed E-state index contributed by atoms with van der Waals surface area (Å²) >= 11 is 0. The van der Waals surface area contributed by atoms with Gasteiger partial charge in [0.15, 0.2) is 6.29 Å². The highest BCUT2D eigenvalue weighted by atomic mass is 16.6. The van der Waals surface area contributed by atoms with Crippen LogP contribution in [0.1, 0.15) is 52.4 Å². The molecule has 0 saturated heterocycles. The lowest BCUT2D eigenvalue weighted by Crippen LogP contribution is -2.38. The van der Waals surface area contributed by atoms with Crippen molar-refractivity contribution in [2.24, 2.45) is 0 Å². The Labute approximate surface area is 87.0 Å². The van der Waals surface area contributed by atoms with Crippen LogP contribution >= 0.6 is 0 Å². The average Bonchev–Trinajstić information content (AvgIpc) is 2.19. The van der Waals surface area contributed by atoms with Gasteiger partial charge < -0.3 is 9.84 Å². The first-order valence-electron chi connectivity index (χ1n) is 5.61. The van der Waals surface area contributed by atoms with E-state index in [0.29, 0.717) is 5.57 Å². The lowest BCUT2D eigenvalue weighted by atomic mass is 9.82. The van der Waals surface area contributed by atoms with E-state index >= 15 is 0 Å². The monoisotopic (exact) mass is 198 g/mol. The minimum Gasteiger partial charge on any atom is -0.364 e. The van der Waals surface area contributed by atoms with Crippen molar-refractivity contribution < 1.29 is 9.84 Å². The molecule has 0 aliphatic heterocycles. The molecule has 1 rings (SSSR count). The number of aliphatic hydroxyl groups is 1. The Morgan fingerprint density at radius 2 is 2.00 bits per heavy atom. The van der Waals surface area contributed by atoms with Gasteiger partial charge >= 0.3 is 0 Å². The molecule has 1 unspecified atom stereocenters. The summed E-state index contributed by atoms with van der Waals surface area (Å²) < 4.78 is 5.75. The Balaban J connectivity index is 2.55. The fourth-order valence-corrected chi connectivity index (χ4v) is 2.09. The highest BCUT2D eigenvalue weighted by molar-refractivity contribution is 4.94.